The van der Waals surface area contributed by atoms with Gasteiger partial charge < -0.3 is 0 Å². The average molecular weight is 139 g/mol. The maximum absolute atomic E-state index is 4.06. The van der Waals surface area contributed by atoms with E-state index in [9.17, 15) is 0 Å². The summed E-state index contributed by atoms with van der Waals surface area (Å²) in [5.74, 6) is 0. The molecule has 1 heteroatoms. The molecule has 58 valence electrons. The van der Waals surface area contributed by atoms with Crippen molar-refractivity contribution in [1.82, 2.24) is 0 Å². The van der Waals surface area contributed by atoms with Crippen molar-refractivity contribution >= 4 is 6.72 Å². The van der Waals surface area contributed by atoms with Crippen LogP contribution in [0.4, 0.5) is 0 Å². The van der Waals surface area contributed by atoms with Crippen molar-refractivity contribution in [1.29, 1.82) is 0 Å². The average Bonchev–Trinajstić information content (AvgIpc) is 1.88. The Morgan fingerprint density at radius 3 is 2.20 bits per heavy atom. The first kappa shape index (κ1) is 7.77. The van der Waals surface area contributed by atoms with E-state index >= 15 is 0 Å². The number of rotatable bonds is 1. The topological polar surface area (TPSA) is 12.4 Å². The van der Waals surface area contributed by atoms with Crippen LogP contribution in [0.25, 0.3) is 0 Å². The van der Waals surface area contributed by atoms with Crippen LogP contribution in [0.3, 0.4) is 0 Å². The molecule has 0 unspecified atom stereocenters. The van der Waals surface area contributed by atoms with Crippen LogP contribution in [0.5, 0.6) is 0 Å². The van der Waals surface area contributed by atoms with Gasteiger partial charge in [0.15, 0.2) is 0 Å². The predicted molar refractivity (Wildman–Crippen MR) is 45.6 cm³/mol. The molecule has 1 aliphatic rings. The minimum absolute atomic E-state index is 0.563. The maximum Gasteiger partial charge on any atom is 0.0492 e. The SMILES string of the molecule is C=NC1CCC(C)(C)CC1. The van der Waals surface area contributed by atoms with E-state index in [1.54, 1.807) is 0 Å². The lowest BCUT2D eigenvalue weighted by Gasteiger charge is -2.32. The van der Waals surface area contributed by atoms with Crippen LogP contribution in [0, 0.1) is 5.41 Å². The summed E-state index contributed by atoms with van der Waals surface area (Å²) in [5, 5.41) is 0. The van der Waals surface area contributed by atoms with Gasteiger partial charge in [-0.05, 0) is 37.8 Å². The molecule has 0 N–H and O–H groups in total. The zero-order valence-corrected chi connectivity index (χ0v) is 7.06. The number of hydrogen-bond acceptors (Lipinski definition) is 1. The third-order valence-electron chi connectivity index (χ3n) is 2.57. The maximum atomic E-state index is 4.06. The highest BCUT2D eigenvalue weighted by molar-refractivity contribution is 5.24. The molecule has 1 rings (SSSR count). The summed E-state index contributed by atoms with van der Waals surface area (Å²) in [5.41, 5.74) is 0.571. The van der Waals surface area contributed by atoms with Gasteiger partial charge in [0.25, 0.3) is 0 Å². The second-order valence-electron chi connectivity index (χ2n) is 4.08. The molecule has 0 atom stereocenters. The van der Waals surface area contributed by atoms with E-state index in [2.05, 4.69) is 25.6 Å². The van der Waals surface area contributed by atoms with Gasteiger partial charge in [-0.25, -0.2) is 0 Å². The molecule has 0 aromatic rings. The Morgan fingerprint density at radius 1 is 1.30 bits per heavy atom. The van der Waals surface area contributed by atoms with Gasteiger partial charge in [-0.3, -0.25) is 4.99 Å². The molecule has 0 bridgehead atoms. The zero-order chi connectivity index (χ0) is 7.61. The Bertz CT molecular complexity index is 117. The third kappa shape index (κ3) is 1.83. The smallest absolute Gasteiger partial charge is 0.0492 e. The lowest BCUT2D eigenvalue weighted by atomic mass is 9.76. The minimum atomic E-state index is 0.563. The van der Waals surface area contributed by atoms with Crippen LogP contribution in [0.1, 0.15) is 39.5 Å². The number of nitrogens with zero attached hydrogens (tertiary/aromatic N) is 1. The van der Waals surface area contributed by atoms with Crippen LogP contribution in [0.2, 0.25) is 0 Å². The van der Waals surface area contributed by atoms with E-state index in [-0.39, 0.29) is 0 Å². The van der Waals surface area contributed by atoms with Crippen molar-refractivity contribution in [3.63, 3.8) is 0 Å². The standard InChI is InChI=1S/C9H17N/c1-9(2)6-4-8(10-3)5-7-9/h8H,3-7H2,1-2H3. The molecule has 1 saturated carbocycles. The molecule has 0 aromatic carbocycles. The summed E-state index contributed by atoms with van der Waals surface area (Å²) in [6.45, 7) is 8.26. The molecule has 1 aliphatic carbocycles. The first-order chi connectivity index (χ1) is 4.64. The summed E-state index contributed by atoms with van der Waals surface area (Å²) in [4.78, 5) is 4.06. The summed E-state index contributed by atoms with van der Waals surface area (Å²) < 4.78 is 0. The highest BCUT2D eigenvalue weighted by atomic mass is 14.7. The lowest BCUT2D eigenvalue weighted by Crippen LogP contribution is -2.22. The summed E-state index contributed by atoms with van der Waals surface area (Å²) in [6.07, 6.45) is 5.13. The van der Waals surface area contributed by atoms with Gasteiger partial charge in [0.1, 0.15) is 0 Å². The van der Waals surface area contributed by atoms with Gasteiger partial charge in [-0.15, -0.1) is 0 Å². The van der Waals surface area contributed by atoms with E-state index in [1.807, 2.05) is 0 Å². The molecule has 0 amide bonds. The van der Waals surface area contributed by atoms with E-state index in [0.29, 0.717) is 11.5 Å². The van der Waals surface area contributed by atoms with E-state index in [4.69, 9.17) is 0 Å². The quantitative estimate of drug-likeness (QED) is 0.495. The lowest BCUT2D eigenvalue weighted by molar-refractivity contribution is 0.227. The first-order valence-electron chi connectivity index (χ1n) is 4.10. The van der Waals surface area contributed by atoms with E-state index in [0.717, 1.165) is 0 Å². The Morgan fingerprint density at radius 2 is 1.80 bits per heavy atom. The van der Waals surface area contributed by atoms with Crippen LogP contribution in [-0.2, 0) is 0 Å². The fourth-order valence-electron chi connectivity index (χ4n) is 1.57. The Balaban J connectivity index is 2.38. The van der Waals surface area contributed by atoms with Crippen LogP contribution < -0.4 is 0 Å². The first-order valence-corrected chi connectivity index (χ1v) is 4.10. The third-order valence-corrected chi connectivity index (χ3v) is 2.57. The molecule has 1 nitrogen and oxygen atoms in total. The van der Waals surface area contributed by atoms with Crippen LogP contribution in [0.15, 0.2) is 4.99 Å². The minimum Gasteiger partial charge on any atom is -0.298 e. The number of aliphatic imine (C=N–C) groups is 1. The molecule has 0 aromatic heterocycles. The fraction of sp³-hybridized carbons (Fsp3) is 0.889. The predicted octanol–water partition coefficient (Wildman–Crippen LogP) is 2.66. The fourth-order valence-corrected chi connectivity index (χ4v) is 1.57. The second kappa shape index (κ2) is 2.73. The van der Waals surface area contributed by atoms with E-state index < -0.39 is 0 Å². The van der Waals surface area contributed by atoms with E-state index in [1.165, 1.54) is 25.7 Å². The second-order valence-corrected chi connectivity index (χ2v) is 4.08. The molecule has 1 fully saturated rings. The van der Waals surface area contributed by atoms with Gasteiger partial charge in [-0.2, -0.15) is 0 Å². The monoisotopic (exact) mass is 139 g/mol. The molecule has 0 heterocycles. The van der Waals surface area contributed by atoms with Gasteiger partial charge >= 0.3 is 0 Å². The van der Waals surface area contributed by atoms with Crippen molar-refractivity contribution in [2.75, 3.05) is 0 Å². The van der Waals surface area contributed by atoms with Gasteiger partial charge in [-0.1, -0.05) is 13.8 Å². The highest BCUT2D eigenvalue weighted by Crippen LogP contribution is 2.35. The molecular weight excluding hydrogens is 122 g/mol. The molecule has 10 heavy (non-hydrogen) atoms. The Hall–Kier alpha value is -0.330. The molecular formula is C9H17N. The van der Waals surface area contributed by atoms with Crippen molar-refractivity contribution < 1.29 is 0 Å². The summed E-state index contributed by atoms with van der Waals surface area (Å²) in [6, 6.07) is 0.563. The summed E-state index contributed by atoms with van der Waals surface area (Å²) in [7, 11) is 0. The van der Waals surface area contributed by atoms with Crippen LogP contribution in [-0.4, -0.2) is 12.8 Å². The van der Waals surface area contributed by atoms with Crippen molar-refractivity contribution in [3.8, 4) is 0 Å². The normalized spacial score (nSPS) is 26.2. The van der Waals surface area contributed by atoms with Gasteiger partial charge in [0.2, 0.25) is 0 Å². The van der Waals surface area contributed by atoms with Gasteiger partial charge in [0, 0.05) is 6.04 Å². The summed E-state index contributed by atoms with van der Waals surface area (Å²) >= 11 is 0. The van der Waals surface area contributed by atoms with Crippen molar-refractivity contribution in [2.45, 2.75) is 45.6 Å². The Labute approximate surface area is 63.5 Å². The van der Waals surface area contributed by atoms with Gasteiger partial charge in [0.05, 0.1) is 0 Å². The van der Waals surface area contributed by atoms with Crippen molar-refractivity contribution in [2.24, 2.45) is 10.4 Å². The van der Waals surface area contributed by atoms with Crippen molar-refractivity contribution in [3.05, 3.63) is 0 Å². The largest absolute Gasteiger partial charge is 0.298 e. The molecule has 0 radical (unpaired) electrons. The Kier molecular flexibility index (Phi) is 2.12. The zero-order valence-electron chi connectivity index (χ0n) is 7.06. The molecule has 0 aliphatic heterocycles. The molecule has 0 saturated heterocycles. The molecule has 0 spiro atoms. The highest BCUT2D eigenvalue weighted by Gasteiger charge is 2.25. The van der Waals surface area contributed by atoms with Crippen LogP contribution >= 0.6 is 0 Å². The number of hydrogen-bond donors (Lipinski definition) is 0.